The summed E-state index contributed by atoms with van der Waals surface area (Å²) in [6.45, 7) is 2.59. The van der Waals surface area contributed by atoms with E-state index in [1.165, 1.54) is 32.4 Å². The van der Waals surface area contributed by atoms with Crippen molar-refractivity contribution < 1.29 is 9.53 Å². The third-order valence-electron chi connectivity index (χ3n) is 5.35. The minimum atomic E-state index is 0.0620. The molecule has 0 aromatic heterocycles. The number of aliphatic imine (C=N–C) groups is 1. The zero-order valence-electron chi connectivity index (χ0n) is 14.0. The highest BCUT2D eigenvalue weighted by Crippen LogP contribution is 2.28. The van der Waals surface area contributed by atoms with E-state index in [1.807, 2.05) is 24.3 Å². The van der Waals surface area contributed by atoms with Crippen LogP contribution in [0.4, 0.5) is 0 Å². The van der Waals surface area contributed by atoms with Gasteiger partial charge in [0.2, 0.25) is 0 Å². The third kappa shape index (κ3) is 3.44. The fraction of sp³-hybridized carbons (Fsp3) is 0.500. The smallest absolute Gasteiger partial charge is 0.177 e. The fourth-order valence-corrected chi connectivity index (χ4v) is 3.64. The summed E-state index contributed by atoms with van der Waals surface area (Å²) in [5.74, 6) is 0.990. The van der Waals surface area contributed by atoms with Crippen LogP contribution in [0.1, 0.15) is 37.7 Å². The average Bonchev–Trinajstić information content (AvgIpc) is 2.57. The van der Waals surface area contributed by atoms with Gasteiger partial charge in [0.05, 0.1) is 5.71 Å². The van der Waals surface area contributed by atoms with E-state index in [1.54, 1.807) is 12.2 Å². The van der Waals surface area contributed by atoms with Crippen LogP contribution >= 0.6 is 0 Å². The first kappa shape index (κ1) is 15.6. The molecule has 0 N–H and O–H groups in total. The number of piperidine rings is 1. The van der Waals surface area contributed by atoms with Crippen molar-refractivity contribution in [2.75, 3.05) is 19.6 Å². The number of ether oxygens (including phenoxy) is 1. The van der Waals surface area contributed by atoms with Crippen molar-refractivity contribution >= 4 is 11.5 Å². The second-order valence-corrected chi connectivity index (χ2v) is 6.96. The molecule has 1 aromatic carbocycles. The third-order valence-corrected chi connectivity index (χ3v) is 5.35. The van der Waals surface area contributed by atoms with Gasteiger partial charge in [-0.05, 0) is 67.7 Å². The number of nitrogens with zero attached hydrogens (tertiary/aromatic N) is 2. The van der Waals surface area contributed by atoms with Crippen molar-refractivity contribution in [2.45, 2.75) is 44.2 Å². The molecule has 24 heavy (non-hydrogen) atoms. The molecule has 1 saturated heterocycles. The van der Waals surface area contributed by atoms with E-state index in [9.17, 15) is 4.79 Å². The van der Waals surface area contributed by atoms with E-state index in [4.69, 9.17) is 4.74 Å². The van der Waals surface area contributed by atoms with Crippen LogP contribution in [-0.4, -0.2) is 48.2 Å². The summed E-state index contributed by atoms with van der Waals surface area (Å²) in [4.78, 5) is 18.1. The molecule has 0 spiro atoms. The van der Waals surface area contributed by atoms with Crippen LogP contribution in [-0.2, 0) is 4.79 Å². The maximum Gasteiger partial charge on any atom is 0.177 e. The quantitative estimate of drug-likeness (QED) is 0.855. The summed E-state index contributed by atoms with van der Waals surface area (Å²) in [5, 5.41) is 0. The molecule has 3 aliphatic rings. The van der Waals surface area contributed by atoms with Crippen LogP contribution in [0, 0.1) is 0 Å². The van der Waals surface area contributed by atoms with E-state index < -0.39 is 0 Å². The lowest BCUT2D eigenvalue weighted by molar-refractivity contribution is -0.113. The topological polar surface area (TPSA) is 41.9 Å². The second-order valence-electron chi connectivity index (χ2n) is 6.96. The van der Waals surface area contributed by atoms with Gasteiger partial charge in [0.25, 0.3) is 0 Å². The van der Waals surface area contributed by atoms with Crippen LogP contribution < -0.4 is 4.74 Å². The van der Waals surface area contributed by atoms with Crippen molar-refractivity contribution in [1.82, 2.24) is 4.90 Å². The molecule has 4 nitrogen and oxygen atoms in total. The Labute approximate surface area is 143 Å². The van der Waals surface area contributed by atoms with Gasteiger partial charge < -0.3 is 9.64 Å². The Morgan fingerprint density at radius 3 is 2.33 bits per heavy atom. The Hall–Kier alpha value is -1.94. The number of hydrogen-bond acceptors (Lipinski definition) is 4. The number of ketones is 1. The van der Waals surface area contributed by atoms with Crippen LogP contribution in [0.25, 0.3) is 0 Å². The van der Waals surface area contributed by atoms with Gasteiger partial charge >= 0.3 is 0 Å². The largest absolute Gasteiger partial charge is 0.490 e. The Kier molecular flexibility index (Phi) is 4.48. The molecule has 4 heteroatoms. The SMILES string of the molecule is O=C1C=CC(c2ccc(OC3CCN(C4CCC4)CC3)cc2)=NC1. The number of dihydropyridines is 1. The van der Waals surface area contributed by atoms with Crippen molar-refractivity contribution in [1.29, 1.82) is 0 Å². The lowest BCUT2D eigenvalue weighted by atomic mass is 9.90. The van der Waals surface area contributed by atoms with Crippen LogP contribution in [0.5, 0.6) is 5.75 Å². The van der Waals surface area contributed by atoms with Gasteiger partial charge in [-0.2, -0.15) is 0 Å². The first-order valence-corrected chi connectivity index (χ1v) is 9.04. The maximum atomic E-state index is 11.2. The standard InChI is InChI=1S/C20H24N2O2/c23-17-6-9-20(21-14-17)15-4-7-18(8-5-15)24-19-10-12-22(13-11-19)16-2-1-3-16/h4-9,16,19H,1-3,10-14H2. The Morgan fingerprint density at radius 1 is 1.00 bits per heavy atom. The minimum Gasteiger partial charge on any atom is -0.490 e. The number of likely N-dealkylation sites (tertiary alicyclic amines) is 1. The van der Waals surface area contributed by atoms with Crippen molar-refractivity contribution in [3.63, 3.8) is 0 Å². The Bertz CT molecular complexity index is 651. The lowest BCUT2D eigenvalue weighted by Crippen LogP contribution is -2.46. The maximum absolute atomic E-state index is 11.2. The van der Waals surface area contributed by atoms with E-state index in [0.717, 1.165) is 35.9 Å². The molecule has 0 radical (unpaired) electrons. The molecule has 1 aliphatic carbocycles. The first-order chi connectivity index (χ1) is 11.8. The zero-order valence-corrected chi connectivity index (χ0v) is 14.0. The van der Waals surface area contributed by atoms with E-state index in [0.29, 0.717) is 6.10 Å². The molecule has 2 aliphatic heterocycles. The molecular formula is C20H24N2O2. The minimum absolute atomic E-state index is 0.0620. The summed E-state index contributed by atoms with van der Waals surface area (Å²) in [5.41, 5.74) is 1.90. The molecule has 0 bridgehead atoms. The van der Waals surface area contributed by atoms with Gasteiger partial charge in [-0.3, -0.25) is 9.79 Å². The summed E-state index contributed by atoms with van der Waals surface area (Å²) in [6, 6.07) is 8.93. The van der Waals surface area contributed by atoms with Crippen molar-refractivity contribution in [2.24, 2.45) is 4.99 Å². The van der Waals surface area contributed by atoms with Crippen molar-refractivity contribution in [3.8, 4) is 5.75 Å². The summed E-state index contributed by atoms with van der Waals surface area (Å²) < 4.78 is 6.16. The average molecular weight is 324 g/mol. The van der Waals surface area contributed by atoms with Gasteiger partial charge in [-0.25, -0.2) is 0 Å². The molecule has 4 rings (SSSR count). The molecular weight excluding hydrogens is 300 g/mol. The van der Waals surface area contributed by atoms with Gasteiger partial charge in [-0.15, -0.1) is 0 Å². The molecule has 0 amide bonds. The van der Waals surface area contributed by atoms with Crippen molar-refractivity contribution in [3.05, 3.63) is 42.0 Å². The van der Waals surface area contributed by atoms with E-state index >= 15 is 0 Å². The summed E-state index contributed by atoms with van der Waals surface area (Å²) in [6.07, 6.45) is 10.1. The Balaban J connectivity index is 1.31. The van der Waals surface area contributed by atoms with Gasteiger partial charge in [0, 0.05) is 19.1 Å². The zero-order chi connectivity index (χ0) is 16.4. The van der Waals surface area contributed by atoms with Crippen LogP contribution in [0.15, 0.2) is 41.4 Å². The molecule has 1 aromatic rings. The number of carbonyl (C=O) groups is 1. The van der Waals surface area contributed by atoms with Crippen LogP contribution in [0.2, 0.25) is 0 Å². The molecule has 2 fully saturated rings. The van der Waals surface area contributed by atoms with E-state index in [-0.39, 0.29) is 12.3 Å². The molecule has 0 atom stereocenters. The number of benzene rings is 1. The lowest BCUT2D eigenvalue weighted by Gasteiger charge is -2.41. The number of rotatable bonds is 4. The van der Waals surface area contributed by atoms with Gasteiger partial charge in [-0.1, -0.05) is 6.42 Å². The number of allylic oxidation sites excluding steroid dienone is 1. The highest BCUT2D eigenvalue weighted by Gasteiger charge is 2.29. The highest BCUT2D eigenvalue weighted by atomic mass is 16.5. The molecule has 2 heterocycles. The van der Waals surface area contributed by atoms with Crippen LogP contribution in [0.3, 0.4) is 0 Å². The molecule has 0 unspecified atom stereocenters. The monoisotopic (exact) mass is 324 g/mol. The molecule has 126 valence electrons. The van der Waals surface area contributed by atoms with Gasteiger partial charge in [0.1, 0.15) is 18.4 Å². The predicted octanol–water partition coefficient (Wildman–Crippen LogP) is 3.01. The normalized spacial score (nSPS) is 23.0. The number of carbonyl (C=O) groups excluding carboxylic acids is 1. The summed E-state index contributed by atoms with van der Waals surface area (Å²) in [7, 11) is 0. The number of hydrogen-bond donors (Lipinski definition) is 0. The van der Waals surface area contributed by atoms with E-state index in [2.05, 4.69) is 9.89 Å². The summed E-state index contributed by atoms with van der Waals surface area (Å²) >= 11 is 0. The highest BCUT2D eigenvalue weighted by molar-refractivity contribution is 6.14. The second kappa shape index (κ2) is 6.89. The first-order valence-electron chi connectivity index (χ1n) is 9.04. The predicted molar refractivity (Wildman–Crippen MR) is 94.9 cm³/mol. The molecule has 1 saturated carbocycles. The fourth-order valence-electron chi connectivity index (χ4n) is 3.64. The van der Waals surface area contributed by atoms with Gasteiger partial charge in [0.15, 0.2) is 5.78 Å². The Morgan fingerprint density at radius 2 is 1.75 bits per heavy atom.